The Balaban J connectivity index is 2.31. The van der Waals surface area contributed by atoms with Crippen LogP contribution in [0.5, 0.6) is 11.5 Å². The van der Waals surface area contributed by atoms with Crippen LogP contribution in [0.2, 0.25) is 0 Å². The topological polar surface area (TPSA) is 51.1 Å². The maximum atomic E-state index is 12.5. The zero-order chi connectivity index (χ0) is 18.2. The number of ether oxygens (including phenoxy) is 2. The standard InChI is InChI=1S/C19H22N2O3S/c1-5-11-24-15-10-9-14(12-16(15)23-8-4)13-17-18(22)21(7-3)19(25-17)20-6-2/h1,9-10,12-13H,6-8,11H2,2-4H3. The highest BCUT2D eigenvalue weighted by Crippen LogP contribution is 2.34. The van der Waals surface area contributed by atoms with E-state index in [4.69, 9.17) is 15.9 Å². The van der Waals surface area contributed by atoms with Crippen molar-refractivity contribution in [2.75, 3.05) is 26.3 Å². The minimum atomic E-state index is -0.0229. The summed E-state index contributed by atoms with van der Waals surface area (Å²) < 4.78 is 11.1. The molecule has 1 saturated heterocycles. The van der Waals surface area contributed by atoms with E-state index in [9.17, 15) is 4.79 Å². The van der Waals surface area contributed by atoms with Gasteiger partial charge >= 0.3 is 0 Å². The number of aliphatic imine (C=N–C) groups is 1. The number of amidine groups is 1. The van der Waals surface area contributed by atoms with Crippen molar-refractivity contribution >= 4 is 28.9 Å². The fourth-order valence-corrected chi connectivity index (χ4v) is 3.42. The lowest BCUT2D eigenvalue weighted by atomic mass is 10.2. The van der Waals surface area contributed by atoms with Crippen molar-refractivity contribution in [3.05, 3.63) is 28.7 Å². The van der Waals surface area contributed by atoms with Crippen LogP contribution in [0.3, 0.4) is 0 Å². The zero-order valence-corrected chi connectivity index (χ0v) is 15.6. The Morgan fingerprint density at radius 2 is 2.08 bits per heavy atom. The van der Waals surface area contributed by atoms with Gasteiger partial charge in [-0.05, 0) is 56.3 Å². The van der Waals surface area contributed by atoms with E-state index in [0.717, 1.165) is 10.7 Å². The number of hydrogen-bond acceptors (Lipinski definition) is 5. The lowest BCUT2D eigenvalue weighted by Crippen LogP contribution is -2.28. The second-order valence-electron chi connectivity index (χ2n) is 5.05. The molecule has 0 atom stereocenters. The molecular weight excluding hydrogens is 336 g/mol. The number of benzene rings is 1. The van der Waals surface area contributed by atoms with Gasteiger partial charge in [0.2, 0.25) is 0 Å². The minimum absolute atomic E-state index is 0.0229. The monoisotopic (exact) mass is 358 g/mol. The molecule has 5 nitrogen and oxygen atoms in total. The molecule has 1 aromatic carbocycles. The van der Waals surface area contributed by atoms with Gasteiger partial charge in [0.15, 0.2) is 16.7 Å². The van der Waals surface area contributed by atoms with Crippen molar-refractivity contribution in [3.63, 3.8) is 0 Å². The third kappa shape index (κ3) is 4.58. The number of thioether (sulfide) groups is 1. The maximum Gasteiger partial charge on any atom is 0.266 e. The summed E-state index contributed by atoms with van der Waals surface area (Å²) in [7, 11) is 0. The molecule has 0 N–H and O–H groups in total. The Labute approximate surface area is 153 Å². The van der Waals surface area contributed by atoms with Gasteiger partial charge in [0, 0.05) is 13.1 Å². The van der Waals surface area contributed by atoms with Crippen LogP contribution in [0.25, 0.3) is 6.08 Å². The van der Waals surface area contributed by atoms with Gasteiger partial charge in [0.1, 0.15) is 6.61 Å². The normalized spacial score (nSPS) is 17.2. The van der Waals surface area contributed by atoms with Crippen molar-refractivity contribution in [2.24, 2.45) is 4.99 Å². The van der Waals surface area contributed by atoms with Crippen molar-refractivity contribution in [1.82, 2.24) is 4.90 Å². The van der Waals surface area contributed by atoms with E-state index in [1.165, 1.54) is 11.8 Å². The zero-order valence-electron chi connectivity index (χ0n) is 14.7. The SMILES string of the molecule is C#CCOc1ccc(C=C2SC(=NCC)N(CC)C2=O)cc1OCC. The van der Waals surface area contributed by atoms with Crippen LogP contribution < -0.4 is 9.47 Å². The first-order chi connectivity index (χ1) is 12.1. The summed E-state index contributed by atoms with van der Waals surface area (Å²) in [5.74, 6) is 3.62. The molecule has 25 heavy (non-hydrogen) atoms. The van der Waals surface area contributed by atoms with E-state index < -0.39 is 0 Å². The van der Waals surface area contributed by atoms with E-state index in [0.29, 0.717) is 36.1 Å². The van der Waals surface area contributed by atoms with Gasteiger partial charge in [-0.3, -0.25) is 14.7 Å². The van der Waals surface area contributed by atoms with Crippen molar-refractivity contribution in [3.8, 4) is 23.8 Å². The predicted molar refractivity (Wildman–Crippen MR) is 103 cm³/mol. The number of likely N-dealkylation sites (N-methyl/N-ethyl adjacent to an activating group) is 1. The lowest BCUT2D eigenvalue weighted by molar-refractivity contribution is -0.122. The molecule has 6 heteroatoms. The summed E-state index contributed by atoms with van der Waals surface area (Å²) in [5.41, 5.74) is 0.862. The number of terminal acetylenes is 1. The van der Waals surface area contributed by atoms with E-state index in [1.54, 1.807) is 11.0 Å². The average molecular weight is 358 g/mol. The summed E-state index contributed by atoms with van der Waals surface area (Å²) in [6, 6.07) is 5.53. The minimum Gasteiger partial charge on any atom is -0.490 e. The van der Waals surface area contributed by atoms with Gasteiger partial charge in [0.05, 0.1) is 11.5 Å². The fourth-order valence-electron chi connectivity index (χ4n) is 2.31. The number of nitrogens with zero attached hydrogens (tertiary/aromatic N) is 2. The third-order valence-electron chi connectivity index (χ3n) is 3.37. The fraction of sp³-hybridized carbons (Fsp3) is 0.368. The predicted octanol–water partition coefficient (Wildman–Crippen LogP) is 3.41. The molecule has 1 fully saturated rings. The molecule has 0 radical (unpaired) electrons. The van der Waals surface area contributed by atoms with Gasteiger partial charge in [0.25, 0.3) is 5.91 Å². The van der Waals surface area contributed by atoms with E-state index in [1.807, 2.05) is 39.0 Å². The smallest absolute Gasteiger partial charge is 0.266 e. The number of carbonyl (C=O) groups is 1. The van der Waals surface area contributed by atoms with Crippen molar-refractivity contribution in [1.29, 1.82) is 0 Å². The molecule has 1 heterocycles. The average Bonchev–Trinajstić information content (AvgIpc) is 2.89. The Kier molecular flexibility index (Phi) is 6.96. The van der Waals surface area contributed by atoms with E-state index >= 15 is 0 Å². The Morgan fingerprint density at radius 1 is 1.28 bits per heavy atom. The van der Waals surface area contributed by atoms with Gasteiger partial charge in [-0.25, -0.2) is 0 Å². The molecule has 1 aromatic rings. The van der Waals surface area contributed by atoms with Crippen molar-refractivity contribution in [2.45, 2.75) is 20.8 Å². The number of rotatable bonds is 7. The largest absolute Gasteiger partial charge is 0.490 e. The molecule has 0 spiro atoms. The van der Waals surface area contributed by atoms with E-state index in [2.05, 4.69) is 10.9 Å². The quantitative estimate of drug-likeness (QED) is 0.554. The molecule has 2 rings (SSSR count). The molecule has 0 aliphatic carbocycles. The maximum absolute atomic E-state index is 12.5. The second kappa shape index (κ2) is 9.19. The molecule has 132 valence electrons. The van der Waals surface area contributed by atoms with Crippen LogP contribution in [0.1, 0.15) is 26.3 Å². The summed E-state index contributed by atoms with van der Waals surface area (Å²) in [4.78, 5) is 19.3. The number of amides is 1. The molecular formula is C19H22N2O3S. The molecule has 0 aromatic heterocycles. The molecule has 0 bridgehead atoms. The highest BCUT2D eigenvalue weighted by atomic mass is 32.2. The first-order valence-corrected chi connectivity index (χ1v) is 9.05. The van der Waals surface area contributed by atoms with Crippen LogP contribution in [-0.2, 0) is 4.79 Å². The second-order valence-corrected chi connectivity index (χ2v) is 6.06. The Bertz CT molecular complexity index is 735. The van der Waals surface area contributed by atoms with Crippen LogP contribution in [0.4, 0.5) is 0 Å². The molecule has 1 amide bonds. The van der Waals surface area contributed by atoms with Crippen LogP contribution >= 0.6 is 11.8 Å². The molecule has 0 saturated carbocycles. The Hall–Kier alpha value is -2.39. The van der Waals surface area contributed by atoms with Gasteiger partial charge < -0.3 is 9.47 Å². The number of hydrogen-bond donors (Lipinski definition) is 0. The molecule has 0 unspecified atom stereocenters. The van der Waals surface area contributed by atoms with Crippen LogP contribution in [-0.4, -0.2) is 42.3 Å². The lowest BCUT2D eigenvalue weighted by Gasteiger charge is -2.12. The van der Waals surface area contributed by atoms with Gasteiger partial charge in [-0.15, -0.1) is 6.42 Å². The summed E-state index contributed by atoms with van der Waals surface area (Å²) >= 11 is 1.40. The van der Waals surface area contributed by atoms with Gasteiger partial charge in [-0.2, -0.15) is 0 Å². The highest BCUT2D eigenvalue weighted by Gasteiger charge is 2.31. The third-order valence-corrected chi connectivity index (χ3v) is 4.42. The first kappa shape index (κ1) is 18.9. The van der Waals surface area contributed by atoms with Gasteiger partial charge in [-0.1, -0.05) is 12.0 Å². The van der Waals surface area contributed by atoms with E-state index in [-0.39, 0.29) is 12.5 Å². The molecule has 1 aliphatic heterocycles. The van der Waals surface area contributed by atoms with Crippen LogP contribution in [0, 0.1) is 12.3 Å². The first-order valence-electron chi connectivity index (χ1n) is 8.23. The summed E-state index contributed by atoms with van der Waals surface area (Å²) in [6.45, 7) is 7.74. The number of carbonyl (C=O) groups excluding carboxylic acids is 1. The molecule has 1 aliphatic rings. The van der Waals surface area contributed by atoms with Crippen molar-refractivity contribution < 1.29 is 14.3 Å². The van der Waals surface area contributed by atoms with Crippen LogP contribution in [0.15, 0.2) is 28.1 Å². The Morgan fingerprint density at radius 3 is 2.72 bits per heavy atom. The summed E-state index contributed by atoms with van der Waals surface area (Å²) in [5, 5.41) is 0.750. The highest BCUT2D eigenvalue weighted by molar-refractivity contribution is 8.18. The summed E-state index contributed by atoms with van der Waals surface area (Å²) in [6.07, 6.45) is 7.09.